The number of halogens is 1. The van der Waals surface area contributed by atoms with Crippen LogP contribution in [0.5, 0.6) is 5.75 Å². The summed E-state index contributed by atoms with van der Waals surface area (Å²) in [5.41, 5.74) is -0.289. The predicted molar refractivity (Wildman–Crippen MR) is 176 cm³/mol. The minimum atomic E-state index is -3.29. The van der Waals surface area contributed by atoms with Crippen LogP contribution < -0.4 is 14.8 Å². The first kappa shape index (κ1) is 36.4. The van der Waals surface area contributed by atoms with E-state index in [0.29, 0.717) is 37.4 Å². The molecule has 1 aliphatic carbocycles. The van der Waals surface area contributed by atoms with Crippen molar-refractivity contribution in [3.8, 4) is 5.75 Å². The van der Waals surface area contributed by atoms with Gasteiger partial charge in [-0.3, -0.25) is 14.3 Å². The summed E-state index contributed by atoms with van der Waals surface area (Å²) in [5.74, 6) is 0.623. The monoisotopic (exact) mass is 656 g/mol. The van der Waals surface area contributed by atoms with Crippen molar-refractivity contribution >= 4 is 39.9 Å². The number of aliphatic hydroxyl groups excluding tert-OH is 1. The summed E-state index contributed by atoms with van der Waals surface area (Å²) in [5, 5.41) is 14.1. The zero-order valence-corrected chi connectivity index (χ0v) is 28.1. The summed E-state index contributed by atoms with van der Waals surface area (Å²) in [6.45, 7) is 5.82. The van der Waals surface area contributed by atoms with Crippen LogP contribution in [0.1, 0.15) is 90.4 Å². The van der Waals surface area contributed by atoms with Crippen LogP contribution in [0, 0.1) is 5.92 Å². The number of carbonyl (C=O) groups excluding carboxylic acids is 2. The number of anilines is 1. The summed E-state index contributed by atoms with van der Waals surface area (Å²) in [7, 11) is -3.29. The number of piperazine rings is 1. The maximum absolute atomic E-state index is 13.8. The lowest BCUT2D eigenvalue weighted by Gasteiger charge is -2.52. The van der Waals surface area contributed by atoms with Gasteiger partial charge in [-0.15, -0.1) is 12.4 Å². The molecular formula is C32H53ClN4O6S. The van der Waals surface area contributed by atoms with E-state index in [2.05, 4.69) is 21.9 Å². The number of carbonyl (C=O) groups is 2. The van der Waals surface area contributed by atoms with Crippen molar-refractivity contribution < 1.29 is 27.9 Å². The van der Waals surface area contributed by atoms with Gasteiger partial charge in [0.1, 0.15) is 17.3 Å². The van der Waals surface area contributed by atoms with Crippen molar-refractivity contribution in [2.24, 2.45) is 5.92 Å². The number of hydrogen-bond acceptors (Lipinski definition) is 7. The molecule has 1 aromatic rings. The first-order valence-corrected chi connectivity index (χ1v) is 18.3. The number of nitrogens with zero attached hydrogens (tertiary/aromatic N) is 2. The number of hydrogen-bond donors (Lipinski definition) is 3. The number of unbranched alkanes of at least 4 members (excludes halogenated alkanes) is 4. The third-order valence-corrected chi connectivity index (χ3v) is 10.1. The predicted octanol–water partition coefficient (Wildman–Crippen LogP) is 4.32. The number of benzene rings is 1. The highest BCUT2D eigenvalue weighted by atomic mass is 35.5. The zero-order valence-electron chi connectivity index (χ0n) is 26.5. The molecular weight excluding hydrogens is 604 g/mol. The van der Waals surface area contributed by atoms with Crippen molar-refractivity contribution in [1.29, 1.82) is 0 Å². The van der Waals surface area contributed by atoms with Gasteiger partial charge in [-0.25, -0.2) is 8.42 Å². The van der Waals surface area contributed by atoms with Crippen LogP contribution in [0.2, 0.25) is 0 Å². The van der Waals surface area contributed by atoms with Gasteiger partial charge in [-0.05, 0) is 81.7 Å². The van der Waals surface area contributed by atoms with Gasteiger partial charge in [0.2, 0.25) is 21.8 Å². The first-order chi connectivity index (χ1) is 20.6. The molecule has 1 saturated carbocycles. The van der Waals surface area contributed by atoms with Crippen LogP contribution >= 0.6 is 12.4 Å². The second-order valence-corrected chi connectivity index (χ2v) is 14.5. The van der Waals surface area contributed by atoms with Crippen LogP contribution in [0.3, 0.4) is 0 Å². The van der Waals surface area contributed by atoms with Crippen LogP contribution in [-0.2, 0) is 19.6 Å². The highest BCUT2D eigenvalue weighted by molar-refractivity contribution is 7.92. The molecule has 0 bridgehead atoms. The first-order valence-electron chi connectivity index (χ1n) is 16.4. The third-order valence-electron chi connectivity index (χ3n) is 9.45. The normalized spacial score (nSPS) is 21.9. The molecule has 3 fully saturated rings. The fraction of sp³-hybridized carbons (Fsp3) is 0.750. The van der Waals surface area contributed by atoms with E-state index in [-0.39, 0.29) is 30.1 Å². The van der Waals surface area contributed by atoms with E-state index in [0.717, 1.165) is 90.1 Å². The minimum Gasteiger partial charge on any atom is -0.494 e. The largest absolute Gasteiger partial charge is 0.494 e. The van der Waals surface area contributed by atoms with E-state index in [1.165, 1.54) is 6.42 Å². The average Bonchev–Trinajstić information content (AvgIpc) is 2.99. The van der Waals surface area contributed by atoms with Crippen LogP contribution in [-0.4, -0.2) is 91.9 Å². The number of piperidine rings is 1. The molecule has 1 aromatic carbocycles. The summed E-state index contributed by atoms with van der Waals surface area (Å²) >= 11 is 0. The Bertz CT molecular complexity index is 1150. The quantitative estimate of drug-likeness (QED) is 0.240. The van der Waals surface area contributed by atoms with Crippen LogP contribution in [0.15, 0.2) is 24.3 Å². The summed E-state index contributed by atoms with van der Waals surface area (Å²) in [6.07, 6.45) is 12.7. The van der Waals surface area contributed by atoms with E-state index in [1.807, 2.05) is 4.90 Å². The van der Waals surface area contributed by atoms with Crippen molar-refractivity contribution in [3.05, 3.63) is 24.3 Å². The molecule has 2 heterocycles. The van der Waals surface area contributed by atoms with Gasteiger partial charge in [-0.2, -0.15) is 0 Å². The Labute approximate surface area is 270 Å². The molecule has 12 heteroatoms. The SMILES string of the molecule is CCCCN1C(=O)[C@@H]([C@H](O)C2CCCCC2)NC(=O)C12CCN(CCCCCCOc1ccc(NS(C)(=O)=O)cc1)CC2.Cl. The van der Waals surface area contributed by atoms with E-state index in [4.69, 9.17) is 4.74 Å². The van der Waals surface area contributed by atoms with Crippen molar-refractivity contribution in [3.63, 3.8) is 0 Å². The lowest BCUT2D eigenvalue weighted by atomic mass is 9.78. The minimum absolute atomic E-state index is 0. The molecule has 250 valence electrons. The Morgan fingerprint density at radius 1 is 1.00 bits per heavy atom. The Balaban J connectivity index is 0.00000529. The molecule has 4 rings (SSSR count). The maximum atomic E-state index is 13.8. The van der Waals surface area contributed by atoms with E-state index < -0.39 is 27.7 Å². The number of aliphatic hydroxyl groups is 1. The Morgan fingerprint density at radius 3 is 2.30 bits per heavy atom. The zero-order chi connectivity index (χ0) is 30.9. The van der Waals surface area contributed by atoms with Crippen molar-refractivity contribution in [2.45, 2.75) is 108 Å². The standard InChI is InChI=1S/C32H52N4O6S.ClH/c1-3-4-21-36-30(38)28(29(37)25-12-8-7-9-13-25)33-31(39)32(36)18-22-35(23-19-32)20-10-5-6-11-24-42-27-16-14-26(15-17-27)34-43(2,40)41;/h14-17,25,28-29,34,37H,3-13,18-24H2,1-2H3,(H,33,39);1H/t28-,29-;/m1./s1. The summed E-state index contributed by atoms with van der Waals surface area (Å²) in [4.78, 5) is 31.7. The lowest BCUT2D eigenvalue weighted by molar-refractivity contribution is -0.165. The number of likely N-dealkylation sites (tertiary alicyclic amines) is 1. The molecule has 2 amide bonds. The average molecular weight is 657 g/mol. The van der Waals surface area contributed by atoms with Crippen molar-refractivity contribution in [2.75, 3.05) is 43.8 Å². The van der Waals surface area contributed by atoms with Gasteiger partial charge in [0, 0.05) is 25.3 Å². The third kappa shape index (κ3) is 9.71. The smallest absolute Gasteiger partial charge is 0.248 e. The van der Waals surface area contributed by atoms with E-state index in [1.54, 1.807) is 24.3 Å². The van der Waals surface area contributed by atoms with Gasteiger partial charge >= 0.3 is 0 Å². The molecule has 2 atom stereocenters. The highest BCUT2D eigenvalue weighted by Crippen LogP contribution is 2.36. The Morgan fingerprint density at radius 2 is 1.66 bits per heavy atom. The van der Waals surface area contributed by atoms with Gasteiger partial charge in [-0.1, -0.05) is 45.4 Å². The molecule has 0 aromatic heterocycles. The number of rotatable bonds is 15. The number of nitrogens with one attached hydrogen (secondary N) is 2. The maximum Gasteiger partial charge on any atom is 0.248 e. The van der Waals surface area contributed by atoms with E-state index in [9.17, 15) is 23.1 Å². The van der Waals surface area contributed by atoms with Gasteiger partial charge in [0.05, 0.1) is 19.0 Å². The van der Waals surface area contributed by atoms with Gasteiger partial charge in [0.25, 0.3) is 0 Å². The van der Waals surface area contributed by atoms with Crippen LogP contribution in [0.25, 0.3) is 0 Å². The second kappa shape index (κ2) is 17.0. The molecule has 3 N–H and O–H groups in total. The van der Waals surface area contributed by atoms with Crippen LogP contribution in [0.4, 0.5) is 5.69 Å². The number of sulfonamides is 1. The molecule has 10 nitrogen and oxygen atoms in total. The molecule has 0 unspecified atom stereocenters. The fourth-order valence-corrected chi connectivity index (χ4v) is 7.48. The Kier molecular flexibility index (Phi) is 14.1. The fourth-order valence-electron chi connectivity index (χ4n) is 6.92. The van der Waals surface area contributed by atoms with Gasteiger partial charge < -0.3 is 25.0 Å². The molecule has 0 radical (unpaired) electrons. The summed E-state index contributed by atoms with van der Waals surface area (Å²) < 4.78 is 30.9. The molecule has 3 aliphatic rings. The van der Waals surface area contributed by atoms with Gasteiger partial charge in [0.15, 0.2) is 0 Å². The van der Waals surface area contributed by atoms with Crippen molar-refractivity contribution in [1.82, 2.24) is 15.1 Å². The summed E-state index contributed by atoms with van der Waals surface area (Å²) in [6, 6.07) is 6.08. The number of amides is 2. The molecule has 2 saturated heterocycles. The lowest BCUT2D eigenvalue weighted by Crippen LogP contribution is -2.75. The Hall–Kier alpha value is -2.08. The topological polar surface area (TPSA) is 128 Å². The molecule has 1 spiro atoms. The molecule has 2 aliphatic heterocycles. The highest BCUT2D eigenvalue weighted by Gasteiger charge is 2.55. The number of ether oxygens (including phenoxy) is 1. The van der Waals surface area contributed by atoms with E-state index >= 15 is 0 Å². The second-order valence-electron chi connectivity index (χ2n) is 12.7. The molecule has 44 heavy (non-hydrogen) atoms.